The van der Waals surface area contributed by atoms with Crippen LogP contribution in [-0.4, -0.2) is 60.7 Å². The zero-order valence-electron chi connectivity index (χ0n) is 16.8. The van der Waals surface area contributed by atoms with Gasteiger partial charge < -0.3 is 15.1 Å². The van der Waals surface area contributed by atoms with Gasteiger partial charge in [0.1, 0.15) is 0 Å². The van der Waals surface area contributed by atoms with Gasteiger partial charge in [0, 0.05) is 45.1 Å². The topological polar surface area (TPSA) is 65.5 Å². The number of benzene rings is 1. The number of pyridine rings is 1. The minimum Gasteiger partial charge on any atom is -0.375 e. The fourth-order valence-corrected chi connectivity index (χ4v) is 3.91. The zero-order valence-corrected chi connectivity index (χ0v) is 17.7. The van der Waals surface area contributed by atoms with Crippen molar-refractivity contribution in [3.8, 4) is 0 Å². The molecule has 6 nitrogen and oxygen atoms in total. The summed E-state index contributed by atoms with van der Waals surface area (Å²) in [5.74, 6) is 0.363. The summed E-state index contributed by atoms with van der Waals surface area (Å²) in [5.41, 5.74) is 1.79. The maximum absolute atomic E-state index is 12.3. The first-order valence-corrected chi connectivity index (χ1v) is 11.0. The fourth-order valence-electron chi connectivity index (χ4n) is 3.24. The summed E-state index contributed by atoms with van der Waals surface area (Å²) >= 11 is 1.38. The third kappa shape index (κ3) is 6.49. The molecular weight excluding hydrogens is 384 g/mol. The number of nitrogens with one attached hydrogen (secondary N) is 1. The third-order valence-electron chi connectivity index (χ3n) is 4.92. The van der Waals surface area contributed by atoms with Crippen LogP contribution in [-0.2, 0) is 4.79 Å². The van der Waals surface area contributed by atoms with Crippen molar-refractivity contribution >= 4 is 29.3 Å². The summed E-state index contributed by atoms with van der Waals surface area (Å²) in [4.78, 5) is 32.7. The molecule has 0 atom stereocenters. The molecular formula is C22H28N4O2S. The summed E-state index contributed by atoms with van der Waals surface area (Å²) in [6.07, 6.45) is 4.64. The molecule has 2 heterocycles. The van der Waals surface area contributed by atoms with Crippen molar-refractivity contribution in [3.63, 3.8) is 0 Å². The maximum Gasteiger partial charge on any atom is 0.255 e. The number of aromatic nitrogens is 1. The lowest BCUT2D eigenvalue weighted by Crippen LogP contribution is -2.29. The lowest BCUT2D eigenvalue weighted by atomic mass is 10.2. The fraction of sp³-hybridized carbons (Fsp3) is 0.409. The Morgan fingerprint density at radius 3 is 2.59 bits per heavy atom. The predicted octanol–water partition coefficient (Wildman–Crippen LogP) is 3.05. The highest BCUT2D eigenvalue weighted by Crippen LogP contribution is 2.17. The zero-order chi connectivity index (χ0) is 20.5. The van der Waals surface area contributed by atoms with Crippen LogP contribution in [0, 0.1) is 0 Å². The van der Waals surface area contributed by atoms with E-state index in [1.54, 1.807) is 12.3 Å². The van der Waals surface area contributed by atoms with Gasteiger partial charge in [0.2, 0.25) is 5.91 Å². The van der Waals surface area contributed by atoms with E-state index in [0.29, 0.717) is 17.9 Å². The Balaban J connectivity index is 1.33. The number of hydrogen-bond acceptors (Lipinski definition) is 5. The van der Waals surface area contributed by atoms with Gasteiger partial charge in [-0.3, -0.25) is 9.59 Å². The Morgan fingerprint density at radius 1 is 1.14 bits per heavy atom. The predicted molar refractivity (Wildman–Crippen MR) is 117 cm³/mol. The van der Waals surface area contributed by atoms with Crippen LogP contribution in [0.3, 0.4) is 0 Å². The second kappa shape index (κ2) is 10.9. The molecule has 2 amide bonds. The van der Waals surface area contributed by atoms with Crippen molar-refractivity contribution in [1.29, 1.82) is 0 Å². The number of likely N-dealkylation sites (tertiary alicyclic amines) is 1. The minimum atomic E-state index is -0.00335. The van der Waals surface area contributed by atoms with E-state index in [0.717, 1.165) is 43.9 Å². The van der Waals surface area contributed by atoms with Gasteiger partial charge >= 0.3 is 0 Å². The van der Waals surface area contributed by atoms with Crippen molar-refractivity contribution in [1.82, 2.24) is 15.2 Å². The highest BCUT2D eigenvalue weighted by Gasteiger charge is 2.19. The van der Waals surface area contributed by atoms with E-state index >= 15 is 0 Å². The molecule has 1 aromatic carbocycles. The van der Waals surface area contributed by atoms with E-state index in [1.807, 2.05) is 29.2 Å². The van der Waals surface area contributed by atoms with Crippen molar-refractivity contribution in [2.24, 2.45) is 0 Å². The molecule has 1 N–H and O–H groups in total. The van der Waals surface area contributed by atoms with Crippen LogP contribution in [0.1, 0.15) is 29.6 Å². The van der Waals surface area contributed by atoms with E-state index < -0.39 is 0 Å². The van der Waals surface area contributed by atoms with Crippen LogP contribution in [0.4, 0.5) is 5.69 Å². The van der Waals surface area contributed by atoms with Crippen LogP contribution in [0.5, 0.6) is 0 Å². The molecule has 3 rings (SSSR count). The first-order valence-electron chi connectivity index (χ1n) is 10.0. The summed E-state index contributed by atoms with van der Waals surface area (Å²) < 4.78 is 0. The van der Waals surface area contributed by atoms with E-state index in [-0.39, 0.29) is 11.8 Å². The molecule has 1 fully saturated rings. The lowest BCUT2D eigenvalue weighted by Gasteiger charge is -2.19. The Morgan fingerprint density at radius 2 is 1.90 bits per heavy atom. The number of anilines is 1. The normalized spacial score (nSPS) is 13.3. The lowest BCUT2D eigenvalue weighted by molar-refractivity contribution is -0.118. The summed E-state index contributed by atoms with van der Waals surface area (Å²) in [7, 11) is 2.05. The van der Waals surface area contributed by atoms with Crippen LogP contribution >= 0.6 is 11.8 Å². The SMILES string of the molecule is CN(CCCNC(=O)CSc1ccc(C(=O)N2CCCC2)cn1)c1ccccc1. The molecule has 29 heavy (non-hydrogen) atoms. The number of para-hydroxylation sites is 1. The van der Waals surface area contributed by atoms with Gasteiger partial charge in [0.05, 0.1) is 16.3 Å². The Kier molecular flexibility index (Phi) is 7.93. The standard InChI is InChI=1S/C22H28N4O2S/c1-25(19-8-3-2-4-9-19)13-7-12-23-20(27)17-29-21-11-10-18(16-24-21)22(28)26-14-5-6-15-26/h2-4,8-11,16H,5-7,12-15,17H2,1H3,(H,23,27). The van der Waals surface area contributed by atoms with E-state index in [1.165, 1.54) is 17.4 Å². The van der Waals surface area contributed by atoms with Gasteiger partial charge in [0.25, 0.3) is 5.91 Å². The van der Waals surface area contributed by atoms with Crippen LogP contribution < -0.4 is 10.2 Å². The quantitative estimate of drug-likeness (QED) is 0.507. The smallest absolute Gasteiger partial charge is 0.255 e. The number of thioether (sulfide) groups is 1. The molecule has 1 aliphatic rings. The van der Waals surface area contributed by atoms with Gasteiger partial charge in [0.15, 0.2) is 0 Å². The van der Waals surface area contributed by atoms with Crippen LogP contribution in [0.2, 0.25) is 0 Å². The minimum absolute atomic E-state index is 0.00335. The highest BCUT2D eigenvalue weighted by atomic mass is 32.2. The molecule has 1 aliphatic heterocycles. The van der Waals surface area contributed by atoms with Gasteiger partial charge in [-0.05, 0) is 43.5 Å². The van der Waals surface area contributed by atoms with Crippen molar-refractivity contribution in [2.75, 3.05) is 43.9 Å². The number of carbonyl (C=O) groups excluding carboxylic acids is 2. The maximum atomic E-state index is 12.3. The summed E-state index contributed by atoms with van der Waals surface area (Å²) in [5, 5.41) is 3.70. The molecule has 1 saturated heterocycles. The number of nitrogens with zero attached hydrogens (tertiary/aromatic N) is 3. The molecule has 7 heteroatoms. The molecule has 0 saturated carbocycles. The van der Waals surface area contributed by atoms with Crippen LogP contribution in [0.25, 0.3) is 0 Å². The van der Waals surface area contributed by atoms with Gasteiger partial charge in [-0.1, -0.05) is 30.0 Å². The Labute approximate surface area is 176 Å². The molecule has 0 spiro atoms. The van der Waals surface area contributed by atoms with Crippen molar-refractivity contribution in [3.05, 3.63) is 54.2 Å². The van der Waals surface area contributed by atoms with Gasteiger partial charge in [-0.2, -0.15) is 0 Å². The number of rotatable bonds is 9. The molecule has 0 unspecified atom stereocenters. The summed E-state index contributed by atoms with van der Waals surface area (Å²) in [6.45, 7) is 3.19. The average molecular weight is 413 g/mol. The average Bonchev–Trinajstić information content (AvgIpc) is 3.30. The first kappa shape index (κ1) is 21.2. The molecule has 0 aliphatic carbocycles. The molecule has 0 bridgehead atoms. The first-order chi connectivity index (χ1) is 14.1. The van der Waals surface area contributed by atoms with E-state index in [9.17, 15) is 9.59 Å². The molecule has 1 aromatic heterocycles. The second-order valence-corrected chi connectivity index (χ2v) is 8.13. The Hall–Kier alpha value is -2.54. The largest absolute Gasteiger partial charge is 0.375 e. The molecule has 2 aromatic rings. The number of carbonyl (C=O) groups is 2. The highest BCUT2D eigenvalue weighted by molar-refractivity contribution is 7.99. The van der Waals surface area contributed by atoms with Gasteiger partial charge in [-0.25, -0.2) is 4.98 Å². The third-order valence-corrected chi connectivity index (χ3v) is 5.86. The molecule has 154 valence electrons. The van der Waals surface area contributed by atoms with Gasteiger partial charge in [-0.15, -0.1) is 0 Å². The second-order valence-electron chi connectivity index (χ2n) is 7.13. The monoisotopic (exact) mass is 412 g/mol. The van der Waals surface area contributed by atoms with E-state index in [2.05, 4.69) is 34.4 Å². The number of hydrogen-bond donors (Lipinski definition) is 1. The van der Waals surface area contributed by atoms with Crippen molar-refractivity contribution in [2.45, 2.75) is 24.3 Å². The summed E-state index contributed by atoms with van der Waals surface area (Å²) in [6, 6.07) is 13.8. The molecule has 0 radical (unpaired) electrons. The Bertz CT molecular complexity index is 792. The van der Waals surface area contributed by atoms with E-state index in [4.69, 9.17) is 0 Å². The van der Waals surface area contributed by atoms with Crippen molar-refractivity contribution < 1.29 is 9.59 Å². The van der Waals surface area contributed by atoms with Crippen LogP contribution in [0.15, 0.2) is 53.7 Å². The number of amides is 2.